The van der Waals surface area contributed by atoms with Gasteiger partial charge in [0.25, 0.3) is 0 Å². The molecule has 1 aliphatic rings. The molecule has 0 aliphatic carbocycles. The fourth-order valence-corrected chi connectivity index (χ4v) is 8.58. The Kier molecular flexibility index (Phi) is 36.5. The molecule has 3 rings (SSSR count). The molecule has 0 saturated carbocycles. The van der Waals surface area contributed by atoms with Crippen LogP contribution in [-0.2, 0) is 42.2 Å². The van der Waals surface area contributed by atoms with Crippen LogP contribution in [0.5, 0.6) is 0 Å². The normalized spacial score (nSPS) is 12.3. The summed E-state index contributed by atoms with van der Waals surface area (Å²) in [4.78, 5) is 0. The van der Waals surface area contributed by atoms with Gasteiger partial charge < -0.3 is 19.4 Å². The summed E-state index contributed by atoms with van der Waals surface area (Å²) in [6.07, 6.45) is 37.3. The second kappa shape index (κ2) is 37.7. The smallest absolute Gasteiger partial charge is 0.493 e. The molecule has 1 aliphatic heterocycles. The summed E-state index contributed by atoms with van der Waals surface area (Å²) in [6, 6.07) is 14.8. The number of unbranched alkanes of at least 4 members (excludes halogenated alkanes) is 18. The van der Waals surface area contributed by atoms with Gasteiger partial charge >= 0.3 is 16.5 Å². The van der Waals surface area contributed by atoms with Crippen molar-refractivity contribution >= 4 is 11.4 Å². The van der Waals surface area contributed by atoms with Crippen LogP contribution in [0.15, 0.2) is 47.5 Å². The molecule has 0 unspecified atom stereocenters. The summed E-state index contributed by atoms with van der Waals surface area (Å²) in [6.45, 7) is 23.8. The van der Waals surface area contributed by atoms with Crippen molar-refractivity contribution in [2.75, 3.05) is 0 Å². The van der Waals surface area contributed by atoms with Crippen molar-refractivity contribution in [2.24, 2.45) is 0 Å². The Balaban J connectivity index is 0.00000652. The summed E-state index contributed by atoms with van der Waals surface area (Å²) in [5, 5.41) is 0. The van der Waals surface area contributed by atoms with E-state index in [2.05, 4.69) is 91.8 Å². The standard InChI is InChI=1S/C52H84N2.2C2H5.Ni/c1-7-13-19-22-25-28-33-45-37-43(31-16-10-4)39-47(41-45)51-49(35-18-12-6)50(36-30-27-24-21-15-9-3)52(54(51)53)48-40-44(32-17-11-5)38-46(42-48)34-29-26-23-20-14-8-2;2*1-2;/h37-42H,7-36H2,1-6H3;2*1H2,2H3;/q;2*-1;+2. The summed E-state index contributed by atoms with van der Waals surface area (Å²) in [7, 11) is 0. The van der Waals surface area contributed by atoms with Gasteiger partial charge in [0.2, 0.25) is 11.4 Å². The molecule has 1 heterocycles. The molecule has 2 nitrogen and oxygen atoms in total. The average Bonchev–Trinajstić information content (AvgIpc) is 3.53. The van der Waals surface area contributed by atoms with Gasteiger partial charge in [-0.3, -0.25) is 0 Å². The van der Waals surface area contributed by atoms with Crippen LogP contribution >= 0.6 is 0 Å². The maximum absolute atomic E-state index is 12.7. The summed E-state index contributed by atoms with van der Waals surface area (Å²) >= 11 is 0. The quantitative estimate of drug-likeness (QED) is 0.0303. The fraction of sp³-hybridized carbons (Fsp3) is 0.679. The first-order valence-corrected chi connectivity index (χ1v) is 25.1. The van der Waals surface area contributed by atoms with E-state index in [0.717, 1.165) is 62.8 Å². The maximum Gasteiger partial charge on any atom is 2.00 e. The Hall–Kier alpha value is -1.99. The fourth-order valence-electron chi connectivity index (χ4n) is 8.58. The van der Waals surface area contributed by atoms with Crippen LogP contribution in [0.4, 0.5) is 0 Å². The molecule has 0 bridgehead atoms. The van der Waals surface area contributed by atoms with Crippen LogP contribution in [0.2, 0.25) is 0 Å². The maximum atomic E-state index is 12.7. The van der Waals surface area contributed by atoms with Gasteiger partial charge in [0.15, 0.2) is 0 Å². The van der Waals surface area contributed by atoms with E-state index in [1.807, 2.05) is 0 Å². The number of aryl methyl sites for hydroxylation is 4. The van der Waals surface area contributed by atoms with Gasteiger partial charge in [-0.2, -0.15) is 13.8 Å². The van der Waals surface area contributed by atoms with Gasteiger partial charge in [0.1, 0.15) is 0 Å². The Morgan fingerprint density at radius 1 is 0.339 bits per heavy atom. The Morgan fingerprint density at radius 3 is 0.898 bits per heavy atom. The van der Waals surface area contributed by atoms with E-state index < -0.39 is 0 Å². The third kappa shape index (κ3) is 22.1. The zero-order valence-corrected chi connectivity index (χ0v) is 41.3. The van der Waals surface area contributed by atoms with E-state index in [-0.39, 0.29) is 16.5 Å². The first-order chi connectivity index (χ1) is 28.5. The minimum absolute atomic E-state index is 0. The molecule has 0 N–H and O–H groups in total. The van der Waals surface area contributed by atoms with Crippen molar-refractivity contribution < 1.29 is 21.2 Å². The third-order valence-electron chi connectivity index (χ3n) is 11.8. The predicted octanol–water partition coefficient (Wildman–Crippen LogP) is 19.0. The molecule has 0 aromatic heterocycles. The number of benzene rings is 2. The molecule has 2 aromatic carbocycles. The molecular weight excluding hydrogens is 759 g/mol. The predicted molar refractivity (Wildman–Crippen MR) is 261 cm³/mol. The Bertz CT molecular complexity index is 1410. The molecular formula is C56H94N2Ni. The van der Waals surface area contributed by atoms with Crippen LogP contribution in [0.1, 0.15) is 256 Å². The molecule has 59 heavy (non-hydrogen) atoms. The van der Waals surface area contributed by atoms with Gasteiger partial charge in [0, 0.05) is 22.3 Å². The largest absolute Gasteiger partial charge is 2.00 e. The van der Waals surface area contributed by atoms with Crippen LogP contribution in [0, 0.1) is 13.8 Å². The number of hydrogen-bond acceptors (Lipinski definition) is 0. The second-order valence-corrected chi connectivity index (χ2v) is 16.9. The third-order valence-corrected chi connectivity index (χ3v) is 11.8. The molecule has 0 saturated heterocycles. The minimum atomic E-state index is 0. The first-order valence-electron chi connectivity index (χ1n) is 25.1. The second-order valence-electron chi connectivity index (χ2n) is 16.9. The van der Waals surface area contributed by atoms with Gasteiger partial charge in [-0.15, -0.1) is 0 Å². The summed E-state index contributed by atoms with van der Waals surface area (Å²) in [5.41, 5.74) is 26.0. The number of allylic oxidation sites excluding steroid dienone is 2. The molecule has 0 atom stereocenters. The summed E-state index contributed by atoms with van der Waals surface area (Å²) in [5.74, 6) is 0. The van der Waals surface area contributed by atoms with Crippen molar-refractivity contribution in [3.63, 3.8) is 0 Å². The van der Waals surface area contributed by atoms with Gasteiger partial charge in [0.05, 0.1) is 0 Å². The topological polar surface area (TPSA) is 25.3 Å². The van der Waals surface area contributed by atoms with Gasteiger partial charge in [-0.1, -0.05) is 169 Å². The Morgan fingerprint density at radius 2 is 0.576 bits per heavy atom. The monoisotopic (exact) mass is 853 g/mol. The van der Waals surface area contributed by atoms with Crippen LogP contribution in [-0.4, -0.2) is 4.70 Å². The van der Waals surface area contributed by atoms with Crippen molar-refractivity contribution in [1.82, 2.24) is 0 Å². The zero-order valence-electron chi connectivity index (χ0n) is 40.3. The van der Waals surface area contributed by atoms with E-state index in [0.29, 0.717) is 0 Å². The Labute approximate surface area is 379 Å². The van der Waals surface area contributed by atoms with E-state index in [1.54, 1.807) is 18.5 Å². The SMILES string of the molecule is CCCCCCCCC1=C(c2cc(CCCC)cc(CCCCCCCC)c2)[N+](=[N-])C(c2cc(CCCC)cc(CCCCCCCC)c2)=C1CCCC.[CH2-]C.[CH2-]C.[Ni+2]. The van der Waals surface area contributed by atoms with Crippen molar-refractivity contribution in [2.45, 2.75) is 248 Å². The van der Waals surface area contributed by atoms with Crippen molar-refractivity contribution in [3.05, 3.63) is 100 Å². The van der Waals surface area contributed by atoms with E-state index >= 15 is 0 Å². The number of nitrogens with zero attached hydrogens (tertiary/aromatic N) is 2. The van der Waals surface area contributed by atoms with E-state index in [4.69, 9.17) is 0 Å². The van der Waals surface area contributed by atoms with Crippen LogP contribution < -0.4 is 0 Å². The first kappa shape index (κ1) is 57.0. The average molecular weight is 854 g/mol. The molecule has 0 fully saturated rings. The van der Waals surface area contributed by atoms with Gasteiger partial charge in [-0.25, -0.2) is 4.70 Å². The van der Waals surface area contributed by atoms with Crippen LogP contribution in [0.25, 0.3) is 16.9 Å². The van der Waals surface area contributed by atoms with Gasteiger partial charge in [-0.05, 0) is 124 Å². The van der Waals surface area contributed by atoms with Crippen LogP contribution in [0.3, 0.4) is 0 Å². The van der Waals surface area contributed by atoms with Crippen molar-refractivity contribution in [1.29, 1.82) is 0 Å². The van der Waals surface area contributed by atoms with E-state index in [1.165, 1.54) is 186 Å². The summed E-state index contributed by atoms with van der Waals surface area (Å²) < 4.78 is 1.69. The number of hydrogen-bond donors (Lipinski definition) is 0. The molecule has 0 amide bonds. The molecule has 338 valence electrons. The molecule has 2 aromatic rings. The molecule has 0 radical (unpaired) electrons. The van der Waals surface area contributed by atoms with E-state index in [9.17, 15) is 5.53 Å². The molecule has 3 heteroatoms. The number of rotatable bonds is 32. The molecule has 0 spiro atoms. The zero-order chi connectivity index (χ0) is 42.8. The van der Waals surface area contributed by atoms with Crippen molar-refractivity contribution in [3.8, 4) is 0 Å². The minimum Gasteiger partial charge on any atom is -0.493 e.